The number of carbonyl (C=O) groups is 1. The van der Waals surface area contributed by atoms with Crippen molar-refractivity contribution in [2.45, 2.75) is 19.5 Å². The lowest BCUT2D eigenvalue weighted by Gasteiger charge is -2.02. The number of halogens is 6. The molecule has 2 rings (SSSR count). The number of rotatable bonds is 4. The van der Waals surface area contributed by atoms with Crippen LogP contribution in [0.2, 0.25) is 0 Å². The molecular formula is C15H12F6N2O3. The Kier molecular flexibility index (Phi) is 7.97. The molecule has 1 N–H and O–H groups in total. The molecule has 0 aliphatic rings. The van der Waals surface area contributed by atoms with E-state index in [0.29, 0.717) is 6.07 Å². The van der Waals surface area contributed by atoms with Gasteiger partial charge in [0.05, 0.1) is 19.3 Å². The van der Waals surface area contributed by atoms with Crippen LogP contribution in [-0.4, -0.2) is 28.2 Å². The molecule has 0 atom stereocenters. The summed E-state index contributed by atoms with van der Waals surface area (Å²) in [6.45, 7) is -0.409. The molecule has 0 saturated carbocycles. The molecule has 26 heavy (non-hydrogen) atoms. The maximum atomic E-state index is 12.8. The van der Waals surface area contributed by atoms with Gasteiger partial charge in [-0.1, -0.05) is 0 Å². The van der Waals surface area contributed by atoms with Gasteiger partial charge in [-0.2, -0.15) is 0 Å². The van der Waals surface area contributed by atoms with Crippen molar-refractivity contribution in [2.75, 3.05) is 7.11 Å². The van der Waals surface area contributed by atoms with E-state index in [9.17, 15) is 31.1 Å². The van der Waals surface area contributed by atoms with E-state index in [1.54, 1.807) is 0 Å². The van der Waals surface area contributed by atoms with Crippen LogP contribution in [-0.2, 0) is 11.3 Å². The molecule has 0 amide bonds. The van der Waals surface area contributed by atoms with Gasteiger partial charge in [0.25, 0.3) is 12.9 Å². The highest BCUT2D eigenvalue weighted by molar-refractivity contribution is 5.88. The molecule has 11 heteroatoms. The molecule has 0 radical (unpaired) electrons. The first-order chi connectivity index (χ1) is 12.2. The van der Waals surface area contributed by atoms with Crippen LogP contribution in [0.3, 0.4) is 0 Å². The van der Waals surface area contributed by atoms with Gasteiger partial charge in [0, 0.05) is 12.4 Å². The smallest absolute Gasteiger partial charge is 0.339 e. The Morgan fingerprint density at radius 1 is 1.04 bits per heavy atom. The van der Waals surface area contributed by atoms with Crippen LogP contribution in [0, 0.1) is 11.6 Å². The lowest BCUT2D eigenvalue weighted by molar-refractivity contribution is 0.0598. The zero-order valence-electron chi connectivity index (χ0n) is 13.1. The van der Waals surface area contributed by atoms with Crippen molar-refractivity contribution in [2.24, 2.45) is 0 Å². The van der Waals surface area contributed by atoms with Gasteiger partial charge >= 0.3 is 5.97 Å². The maximum Gasteiger partial charge on any atom is 0.339 e. The SMILES string of the molecule is COC(=O)c1cnc(C(F)F)c(F)c1.OCc1cnc(C(F)F)c(F)c1. The van der Waals surface area contributed by atoms with E-state index < -0.39 is 48.4 Å². The van der Waals surface area contributed by atoms with Gasteiger partial charge in [0.1, 0.15) is 11.4 Å². The Bertz CT molecular complexity index is 758. The predicted octanol–water partition coefficient (Wildman–Crippen LogP) is 3.60. The highest BCUT2D eigenvalue weighted by Crippen LogP contribution is 2.20. The van der Waals surface area contributed by atoms with Crippen LogP contribution in [0.1, 0.15) is 40.2 Å². The zero-order valence-corrected chi connectivity index (χ0v) is 13.1. The van der Waals surface area contributed by atoms with Crippen molar-refractivity contribution in [3.63, 3.8) is 0 Å². The highest BCUT2D eigenvalue weighted by atomic mass is 19.3. The molecule has 5 nitrogen and oxygen atoms in total. The topological polar surface area (TPSA) is 72.3 Å². The summed E-state index contributed by atoms with van der Waals surface area (Å²) < 4.78 is 77.6. The van der Waals surface area contributed by atoms with E-state index in [0.717, 1.165) is 25.6 Å². The number of carbonyl (C=O) groups excluding carboxylic acids is 1. The number of hydrogen-bond acceptors (Lipinski definition) is 5. The number of nitrogens with zero attached hydrogens (tertiary/aromatic N) is 2. The Balaban J connectivity index is 0.000000263. The molecule has 2 aromatic heterocycles. The van der Waals surface area contributed by atoms with Gasteiger partial charge in [-0.05, 0) is 17.7 Å². The fourth-order valence-corrected chi connectivity index (χ4v) is 1.57. The number of esters is 1. The summed E-state index contributed by atoms with van der Waals surface area (Å²) in [4.78, 5) is 17.1. The van der Waals surface area contributed by atoms with E-state index in [4.69, 9.17) is 5.11 Å². The number of hydrogen-bond donors (Lipinski definition) is 1. The van der Waals surface area contributed by atoms with E-state index in [-0.39, 0.29) is 11.1 Å². The van der Waals surface area contributed by atoms with Crippen molar-refractivity contribution in [3.05, 3.63) is 58.7 Å². The molecule has 0 unspecified atom stereocenters. The van der Waals surface area contributed by atoms with Crippen LogP contribution < -0.4 is 0 Å². The van der Waals surface area contributed by atoms with Crippen molar-refractivity contribution in [1.82, 2.24) is 9.97 Å². The van der Waals surface area contributed by atoms with Gasteiger partial charge in [0.2, 0.25) is 0 Å². The molecule has 0 aliphatic carbocycles. The van der Waals surface area contributed by atoms with Crippen LogP contribution in [0.4, 0.5) is 26.3 Å². The lowest BCUT2D eigenvalue weighted by Crippen LogP contribution is -2.05. The van der Waals surface area contributed by atoms with Gasteiger partial charge < -0.3 is 9.84 Å². The second kappa shape index (κ2) is 9.70. The first kappa shape index (κ1) is 21.4. The minimum absolute atomic E-state index is 0.178. The molecule has 2 aromatic rings. The van der Waals surface area contributed by atoms with Crippen molar-refractivity contribution in [3.8, 4) is 0 Å². The fourth-order valence-electron chi connectivity index (χ4n) is 1.57. The van der Waals surface area contributed by atoms with Crippen molar-refractivity contribution >= 4 is 5.97 Å². The Hall–Kier alpha value is -2.69. The normalized spacial score (nSPS) is 10.5. The fraction of sp³-hybridized carbons (Fsp3) is 0.267. The summed E-state index contributed by atoms with van der Waals surface area (Å²) in [5.74, 6) is -3.13. The van der Waals surface area contributed by atoms with E-state index >= 15 is 0 Å². The van der Waals surface area contributed by atoms with Gasteiger partial charge in [-0.3, -0.25) is 9.97 Å². The number of aliphatic hydroxyl groups is 1. The number of ether oxygens (including phenoxy) is 1. The number of methoxy groups -OCH3 is 1. The molecule has 0 fully saturated rings. The minimum Gasteiger partial charge on any atom is -0.465 e. The number of pyridine rings is 2. The summed E-state index contributed by atoms with van der Waals surface area (Å²) in [7, 11) is 1.10. The molecular weight excluding hydrogens is 370 g/mol. The summed E-state index contributed by atoms with van der Waals surface area (Å²) in [5.41, 5.74) is -1.88. The van der Waals surface area contributed by atoms with E-state index in [1.807, 2.05) is 0 Å². The third kappa shape index (κ3) is 5.69. The third-order valence-corrected chi connectivity index (χ3v) is 2.81. The molecule has 0 bridgehead atoms. The Morgan fingerprint density at radius 2 is 1.54 bits per heavy atom. The van der Waals surface area contributed by atoms with E-state index in [2.05, 4.69) is 14.7 Å². The molecule has 0 aliphatic heterocycles. The predicted molar refractivity (Wildman–Crippen MR) is 75.6 cm³/mol. The largest absolute Gasteiger partial charge is 0.465 e. The van der Waals surface area contributed by atoms with Crippen molar-refractivity contribution < 1.29 is 41.0 Å². The zero-order chi connectivity index (χ0) is 19.9. The summed E-state index contributed by atoms with van der Waals surface area (Å²) in [6, 6.07) is 1.51. The molecule has 0 aromatic carbocycles. The lowest BCUT2D eigenvalue weighted by atomic mass is 10.2. The van der Waals surface area contributed by atoms with Crippen LogP contribution >= 0.6 is 0 Å². The van der Waals surface area contributed by atoms with Crippen molar-refractivity contribution in [1.29, 1.82) is 0 Å². The second-order valence-electron chi connectivity index (χ2n) is 4.55. The summed E-state index contributed by atoms with van der Waals surface area (Å²) in [5, 5.41) is 8.50. The average Bonchev–Trinajstić information content (AvgIpc) is 2.60. The standard InChI is InChI=1S/C8H6F3NO2.C7H6F3NO/c1-14-8(13)4-2-5(9)6(7(10)11)12-3-4;8-5-1-4(3-12)2-11-6(5)7(9)10/h2-3,7H,1H3;1-2,7,12H,3H2. The molecule has 142 valence electrons. The molecule has 0 saturated heterocycles. The number of aliphatic hydroxyl groups excluding tert-OH is 1. The second-order valence-corrected chi connectivity index (χ2v) is 4.55. The maximum absolute atomic E-state index is 12.8. The Labute approximate surface area is 143 Å². The highest BCUT2D eigenvalue weighted by Gasteiger charge is 2.17. The quantitative estimate of drug-likeness (QED) is 0.646. The first-order valence-corrected chi connectivity index (χ1v) is 6.76. The van der Waals surface area contributed by atoms with E-state index in [1.165, 1.54) is 0 Å². The van der Waals surface area contributed by atoms with Gasteiger partial charge in [-0.25, -0.2) is 31.1 Å². The Morgan fingerprint density at radius 3 is 1.92 bits per heavy atom. The van der Waals surface area contributed by atoms with Gasteiger partial charge in [-0.15, -0.1) is 0 Å². The number of aromatic nitrogens is 2. The summed E-state index contributed by atoms with van der Waals surface area (Å²) in [6.07, 6.45) is -4.06. The third-order valence-electron chi connectivity index (χ3n) is 2.81. The monoisotopic (exact) mass is 382 g/mol. The van der Waals surface area contributed by atoms with Crippen LogP contribution in [0.25, 0.3) is 0 Å². The van der Waals surface area contributed by atoms with Crippen LogP contribution in [0.15, 0.2) is 24.5 Å². The average molecular weight is 382 g/mol. The molecule has 2 heterocycles. The molecule has 0 spiro atoms. The minimum atomic E-state index is -3.00. The van der Waals surface area contributed by atoms with Crippen LogP contribution in [0.5, 0.6) is 0 Å². The van der Waals surface area contributed by atoms with Gasteiger partial charge in [0.15, 0.2) is 11.6 Å². The number of alkyl halides is 4. The first-order valence-electron chi connectivity index (χ1n) is 6.76. The summed E-state index contributed by atoms with van der Waals surface area (Å²) >= 11 is 0.